The van der Waals surface area contributed by atoms with Crippen molar-refractivity contribution in [3.8, 4) is 5.75 Å². The van der Waals surface area contributed by atoms with Gasteiger partial charge in [0.05, 0.1) is 0 Å². The van der Waals surface area contributed by atoms with E-state index < -0.39 is 11.9 Å². The fourth-order valence-electron chi connectivity index (χ4n) is 1.21. The maximum atomic E-state index is 13.4. The van der Waals surface area contributed by atoms with Gasteiger partial charge in [-0.15, -0.1) is 0 Å². The van der Waals surface area contributed by atoms with Crippen LogP contribution in [0.25, 0.3) is 0 Å². The number of nitrogens with one attached hydrogen (secondary N) is 1. The highest BCUT2D eigenvalue weighted by Crippen LogP contribution is 2.23. The van der Waals surface area contributed by atoms with Crippen molar-refractivity contribution in [3.05, 3.63) is 28.5 Å². The molecule has 5 heteroatoms. The summed E-state index contributed by atoms with van der Waals surface area (Å²) in [5, 5.41) is 2.70. The van der Waals surface area contributed by atoms with Crippen LogP contribution in [-0.2, 0) is 4.79 Å². The molecule has 0 aliphatic carbocycles. The monoisotopic (exact) mass is 303 g/mol. The van der Waals surface area contributed by atoms with Crippen LogP contribution in [0, 0.1) is 5.82 Å². The van der Waals surface area contributed by atoms with Crippen LogP contribution in [0.2, 0.25) is 0 Å². The molecule has 0 aliphatic rings. The van der Waals surface area contributed by atoms with Gasteiger partial charge in [0.15, 0.2) is 17.7 Å². The van der Waals surface area contributed by atoms with Crippen molar-refractivity contribution in [3.63, 3.8) is 0 Å². The number of halogens is 2. The zero-order valence-electron chi connectivity index (χ0n) is 9.96. The molecule has 94 valence electrons. The van der Waals surface area contributed by atoms with Gasteiger partial charge in [0, 0.05) is 10.5 Å². The van der Waals surface area contributed by atoms with E-state index in [4.69, 9.17) is 4.74 Å². The molecule has 1 aromatic rings. The predicted molar refractivity (Wildman–Crippen MR) is 67.5 cm³/mol. The lowest BCUT2D eigenvalue weighted by molar-refractivity contribution is -0.127. The molecule has 0 aliphatic heterocycles. The second-order valence-electron chi connectivity index (χ2n) is 4.00. The number of amides is 1. The third-order valence-corrected chi connectivity index (χ3v) is 2.49. The molecule has 0 fully saturated rings. The molecular weight excluding hydrogens is 289 g/mol. The average Bonchev–Trinajstić information content (AvgIpc) is 2.22. The molecule has 0 saturated carbocycles. The van der Waals surface area contributed by atoms with Gasteiger partial charge in [-0.25, -0.2) is 4.39 Å². The lowest BCUT2D eigenvalue weighted by atomic mass is 10.3. The third kappa shape index (κ3) is 4.34. The third-order valence-electron chi connectivity index (χ3n) is 2.00. The minimum absolute atomic E-state index is 0.0286. The largest absolute Gasteiger partial charge is 0.478 e. The maximum Gasteiger partial charge on any atom is 0.260 e. The second kappa shape index (κ2) is 6.00. The van der Waals surface area contributed by atoms with Crippen molar-refractivity contribution in [2.24, 2.45) is 0 Å². The highest BCUT2D eigenvalue weighted by Gasteiger charge is 2.17. The van der Waals surface area contributed by atoms with Gasteiger partial charge in [-0.05, 0) is 39.0 Å². The topological polar surface area (TPSA) is 38.3 Å². The molecule has 0 heterocycles. The summed E-state index contributed by atoms with van der Waals surface area (Å²) in [6.45, 7) is 5.28. The SMILES string of the molecule is CC(C)NC(=O)C(C)Oc1cc(Br)ccc1F. The number of carbonyl (C=O) groups excluding carboxylic acids is 1. The summed E-state index contributed by atoms with van der Waals surface area (Å²) >= 11 is 3.22. The summed E-state index contributed by atoms with van der Waals surface area (Å²) in [5.41, 5.74) is 0. The molecule has 0 aromatic heterocycles. The number of rotatable bonds is 4. The van der Waals surface area contributed by atoms with Gasteiger partial charge in [-0.1, -0.05) is 15.9 Å². The summed E-state index contributed by atoms with van der Waals surface area (Å²) < 4.78 is 19.3. The van der Waals surface area contributed by atoms with Crippen molar-refractivity contribution < 1.29 is 13.9 Å². The van der Waals surface area contributed by atoms with E-state index in [0.717, 1.165) is 0 Å². The average molecular weight is 304 g/mol. The Kier molecular flexibility index (Phi) is 4.93. The predicted octanol–water partition coefficient (Wildman–Crippen LogP) is 2.88. The van der Waals surface area contributed by atoms with Crippen molar-refractivity contribution in [1.82, 2.24) is 5.32 Å². The quantitative estimate of drug-likeness (QED) is 0.929. The van der Waals surface area contributed by atoms with Crippen LogP contribution in [-0.4, -0.2) is 18.1 Å². The number of hydrogen-bond acceptors (Lipinski definition) is 2. The van der Waals surface area contributed by atoms with Crippen molar-refractivity contribution >= 4 is 21.8 Å². The Labute approximate surface area is 108 Å². The molecule has 1 unspecified atom stereocenters. The van der Waals surface area contributed by atoms with Gasteiger partial charge in [0.2, 0.25) is 0 Å². The zero-order valence-corrected chi connectivity index (χ0v) is 11.5. The van der Waals surface area contributed by atoms with Gasteiger partial charge < -0.3 is 10.1 Å². The summed E-state index contributed by atoms with van der Waals surface area (Å²) in [6.07, 6.45) is -0.735. The van der Waals surface area contributed by atoms with Crippen LogP contribution >= 0.6 is 15.9 Å². The van der Waals surface area contributed by atoms with E-state index >= 15 is 0 Å². The van der Waals surface area contributed by atoms with Crippen LogP contribution in [0.3, 0.4) is 0 Å². The van der Waals surface area contributed by atoms with E-state index in [1.54, 1.807) is 13.0 Å². The number of carbonyl (C=O) groups is 1. The Morgan fingerprint density at radius 3 is 2.65 bits per heavy atom. The smallest absolute Gasteiger partial charge is 0.260 e. The van der Waals surface area contributed by atoms with E-state index in [0.29, 0.717) is 4.47 Å². The highest BCUT2D eigenvalue weighted by atomic mass is 79.9. The fourth-order valence-corrected chi connectivity index (χ4v) is 1.55. The minimum Gasteiger partial charge on any atom is -0.478 e. The first-order chi connectivity index (χ1) is 7.90. The maximum absolute atomic E-state index is 13.4. The standard InChI is InChI=1S/C12H15BrFNO2/c1-7(2)15-12(16)8(3)17-11-6-9(13)4-5-10(11)14/h4-8H,1-3H3,(H,15,16). The second-order valence-corrected chi connectivity index (χ2v) is 4.91. The molecule has 1 atom stereocenters. The molecule has 1 amide bonds. The van der Waals surface area contributed by atoms with Gasteiger partial charge in [0.25, 0.3) is 5.91 Å². The Bertz CT molecular complexity index is 409. The van der Waals surface area contributed by atoms with E-state index in [1.165, 1.54) is 12.1 Å². The van der Waals surface area contributed by atoms with Crippen LogP contribution in [0.5, 0.6) is 5.75 Å². The Balaban J connectivity index is 2.70. The first-order valence-corrected chi connectivity index (χ1v) is 6.11. The lowest BCUT2D eigenvalue weighted by Gasteiger charge is -2.16. The molecule has 0 bridgehead atoms. The fraction of sp³-hybridized carbons (Fsp3) is 0.417. The molecule has 1 N–H and O–H groups in total. The van der Waals surface area contributed by atoms with Crippen molar-refractivity contribution in [1.29, 1.82) is 0 Å². The summed E-state index contributed by atoms with van der Waals surface area (Å²) in [7, 11) is 0. The van der Waals surface area contributed by atoms with Crippen LogP contribution in [0.1, 0.15) is 20.8 Å². The van der Waals surface area contributed by atoms with Gasteiger partial charge in [-0.3, -0.25) is 4.79 Å². The number of ether oxygens (including phenoxy) is 1. The first-order valence-electron chi connectivity index (χ1n) is 5.32. The zero-order chi connectivity index (χ0) is 13.0. The van der Waals surface area contributed by atoms with Crippen molar-refractivity contribution in [2.45, 2.75) is 32.9 Å². The van der Waals surface area contributed by atoms with Gasteiger partial charge in [0.1, 0.15) is 0 Å². The molecule has 0 radical (unpaired) electrons. The Morgan fingerprint density at radius 2 is 2.06 bits per heavy atom. The van der Waals surface area contributed by atoms with Crippen LogP contribution in [0.15, 0.2) is 22.7 Å². The van der Waals surface area contributed by atoms with Crippen molar-refractivity contribution in [2.75, 3.05) is 0 Å². The summed E-state index contributed by atoms with van der Waals surface area (Å²) in [4.78, 5) is 11.6. The van der Waals surface area contributed by atoms with Gasteiger partial charge in [-0.2, -0.15) is 0 Å². The van der Waals surface area contributed by atoms with E-state index in [1.807, 2.05) is 13.8 Å². The van der Waals surface area contributed by atoms with Crippen LogP contribution in [0.4, 0.5) is 4.39 Å². The number of benzene rings is 1. The molecule has 1 rings (SSSR count). The van der Waals surface area contributed by atoms with E-state index in [9.17, 15) is 9.18 Å². The normalized spacial score (nSPS) is 12.4. The Hall–Kier alpha value is -1.10. The summed E-state index contributed by atoms with van der Waals surface area (Å²) in [5.74, 6) is -0.692. The highest BCUT2D eigenvalue weighted by molar-refractivity contribution is 9.10. The molecular formula is C12H15BrFNO2. The lowest BCUT2D eigenvalue weighted by Crippen LogP contribution is -2.40. The molecule has 0 saturated heterocycles. The van der Waals surface area contributed by atoms with Gasteiger partial charge >= 0.3 is 0 Å². The summed E-state index contributed by atoms with van der Waals surface area (Å²) in [6, 6.07) is 4.38. The molecule has 0 spiro atoms. The molecule has 17 heavy (non-hydrogen) atoms. The first kappa shape index (κ1) is 14.0. The number of hydrogen-bond donors (Lipinski definition) is 1. The Morgan fingerprint density at radius 1 is 1.41 bits per heavy atom. The molecule has 3 nitrogen and oxygen atoms in total. The molecule has 1 aromatic carbocycles. The van der Waals surface area contributed by atoms with E-state index in [2.05, 4.69) is 21.2 Å². The van der Waals surface area contributed by atoms with Crippen LogP contribution < -0.4 is 10.1 Å². The minimum atomic E-state index is -0.735. The van der Waals surface area contributed by atoms with E-state index in [-0.39, 0.29) is 17.7 Å².